The molecule has 12 heteroatoms. The summed E-state index contributed by atoms with van der Waals surface area (Å²) in [5.74, 6) is 0.0115. The highest BCUT2D eigenvalue weighted by Gasteiger charge is 2.17. The molecule has 4 aromatic carbocycles. The van der Waals surface area contributed by atoms with Crippen LogP contribution in [-0.4, -0.2) is 31.4 Å². The van der Waals surface area contributed by atoms with E-state index in [1.54, 1.807) is 48.5 Å². The van der Waals surface area contributed by atoms with Crippen LogP contribution in [0.15, 0.2) is 107 Å². The minimum absolute atomic E-state index is 0. The van der Waals surface area contributed by atoms with Gasteiger partial charge < -0.3 is 9.97 Å². The summed E-state index contributed by atoms with van der Waals surface area (Å²) in [6.07, 6.45) is 0. The lowest BCUT2D eigenvalue weighted by Gasteiger charge is -2.03. The molecule has 0 aliphatic heterocycles. The summed E-state index contributed by atoms with van der Waals surface area (Å²) in [6, 6.07) is 24.4. The van der Waals surface area contributed by atoms with Gasteiger partial charge in [-0.05, 0) is 97.1 Å². The van der Waals surface area contributed by atoms with Crippen molar-refractivity contribution in [3.63, 3.8) is 0 Å². The predicted octanol–water partition coefficient (Wildman–Crippen LogP) is 10.4. The third-order valence-electron chi connectivity index (χ3n) is 6.43. The minimum atomic E-state index is -0.340. The van der Waals surface area contributed by atoms with Crippen molar-refractivity contribution in [1.29, 1.82) is 0 Å². The van der Waals surface area contributed by atoms with Crippen molar-refractivity contribution in [2.75, 3.05) is 11.5 Å². The van der Waals surface area contributed by atoms with E-state index >= 15 is 0 Å². The summed E-state index contributed by atoms with van der Waals surface area (Å²) in [4.78, 5) is 16.2. The molecule has 0 amide bonds. The number of nitrogens with one attached hydrogen (secondary N) is 2. The summed E-state index contributed by atoms with van der Waals surface area (Å²) < 4.78 is 54.2. The molecule has 0 aliphatic rings. The van der Waals surface area contributed by atoms with Crippen molar-refractivity contribution in [3.8, 4) is 45.0 Å². The van der Waals surface area contributed by atoms with E-state index in [9.17, 15) is 17.6 Å². The molecule has 44 heavy (non-hydrogen) atoms. The Bertz CT molecular complexity index is 1550. The zero-order chi connectivity index (χ0) is 29.1. The fraction of sp³-hybridized carbons (Fsp3) is 0.0625. The topological polar surface area (TPSA) is 57.4 Å². The van der Waals surface area contributed by atoms with Gasteiger partial charge in [0.1, 0.15) is 23.3 Å². The lowest BCUT2D eigenvalue weighted by molar-refractivity contribution is 0.627. The van der Waals surface area contributed by atoms with Gasteiger partial charge in [0.05, 0.1) is 22.8 Å². The molecule has 0 radical (unpaired) electrons. The number of imidazole rings is 2. The average molecular weight is 765 g/mol. The minimum Gasteiger partial charge on any atom is -0.332 e. The van der Waals surface area contributed by atoms with Gasteiger partial charge in [-0.2, -0.15) is 0 Å². The quantitative estimate of drug-likeness (QED) is 0.0875. The second-order valence-corrected chi connectivity index (χ2v) is 11.4. The zero-order valence-electron chi connectivity index (χ0n) is 22.7. The van der Waals surface area contributed by atoms with Crippen LogP contribution in [0.25, 0.3) is 45.0 Å². The van der Waals surface area contributed by atoms with Crippen LogP contribution in [0.4, 0.5) is 17.6 Å². The first-order valence-electron chi connectivity index (χ1n) is 12.9. The van der Waals surface area contributed by atoms with Crippen LogP contribution in [0.1, 0.15) is 0 Å². The maximum Gasteiger partial charge on any atom is 0.166 e. The highest BCUT2D eigenvalue weighted by molar-refractivity contribution is 8.93. The summed E-state index contributed by atoms with van der Waals surface area (Å²) in [5, 5.41) is 1.35. The van der Waals surface area contributed by atoms with E-state index in [4.69, 9.17) is 9.97 Å². The Morgan fingerprint density at radius 3 is 1.00 bits per heavy atom. The van der Waals surface area contributed by atoms with Gasteiger partial charge >= 0.3 is 0 Å². The number of aromatic nitrogens is 4. The van der Waals surface area contributed by atoms with Crippen LogP contribution in [-0.2, 0) is 0 Å². The monoisotopic (exact) mass is 762 g/mol. The summed E-state index contributed by atoms with van der Waals surface area (Å²) >= 11 is 3.03. The Hall–Kier alpha value is -3.32. The van der Waals surface area contributed by atoms with E-state index in [2.05, 4.69) is 9.97 Å². The van der Waals surface area contributed by atoms with Gasteiger partial charge in [0.15, 0.2) is 10.3 Å². The molecule has 2 aromatic heterocycles. The second-order valence-electron chi connectivity index (χ2n) is 9.26. The number of aromatic amines is 2. The Kier molecular flexibility index (Phi) is 11.5. The number of halogens is 6. The van der Waals surface area contributed by atoms with Crippen LogP contribution >= 0.6 is 57.5 Å². The van der Waals surface area contributed by atoms with Gasteiger partial charge in [0, 0.05) is 33.8 Å². The maximum absolute atomic E-state index is 13.6. The van der Waals surface area contributed by atoms with Crippen molar-refractivity contribution in [2.24, 2.45) is 0 Å². The SMILES string of the molecule is Br.Br.Fc1ccc(-c2nc(SCCSc3nc(-c4ccc(F)cc4)c(-c4ccc(F)cc4)[nH]3)[nH]c2-c2ccc(F)cc2)cc1. The fourth-order valence-electron chi connectivity index (χ4n) is 4.40. The smallest absolute Gasteiger partial charge is 0.166 e. The van der Waals surface area contributed by atoms with Crippen molar-refractivity contribution in [2.45, 2.75) is 10.3 Å². The molecule has 0 spiro atoms. The van der Waals surface area contributed by atoms with Crippen LogP contribution in [0.3, 0.4) is 0 Å². The molecule has 2 N–H and O–H groups in total. The number of rotatable bonds is 9. The lowest BCUT2D eigenvalue weighted by atomic mass is 10.1. The first-order valence-corrected chi connectivity index (χ1v) is 14.9. The van der Waals surface area contributed by atoms with E-state index in [-0.39, 0.29) is 57.2 Å². The van der Waals surface area contributed by atoms with Crippen molar-refractivity contribution in [1.82, 2.24) is 19.9 Å². The van der Waals surface area contributed by atoms with Crippen molar-refractivity contribution < 1.29 is 17.6 Å². The van der Waals surface area contributed by atoms with E-state index < -0.39 is 0 Å². The van der Waals surface area contributed by atoms with Crippen LogP contribution in [0.2, 0.25) is 0 Å². The second kappa shape index (κ2) is 15.1. The number of thioether (sulfide) groups is 2. The predicted molar refractivity (Wildman–Crippen MR) is 181 cm³/mol. The largest absolute Gasteiger partial charge is 0.332 e. The summed E-state index contributed by atoms with van der Waals surface area (Å²) in [5.41, 5.74) is 5.75. The number of hydrogen-bond donors (Lipinski definition) is 2. The summed E-state index contributed by atoms with van der Waals surface area (Å²) in [6.45, 7) is 0. The fourth-order valence-corrected chi connectivity index (χ4v) is 6.11. The molecule has 2 heterocycles. The first-order chi connectivity index (χ1) is 20.4. The van der Waals surface area contributed by atoms with Gasteiger partial charge in [0.2, 0.25) is 0 Å². The van der Waals surface area contributed by atoms with Crippen molar-refractivity contribution in [3.05, 3.63) is 120 Å². The lowest BCUT2D eigenvalue weighted by Crippen LogP contribution is -1.87. The molecule has 226 valence electrons. The number of H-pyrrole nitrogens is 2. The number of nitrogens with zero attached hydrogens (tertiary/aromatic N) is 2. The Labute approximate surface area is 280 Å². The van der Waals surface area contributed by atoms with E-state index in [1.807, 2.05) is 0 Å². The normalized spacial score (nSPS) is 10.7. The Morgan fingerprint density at radius 2 is 0.705 bits per heavy atom. The molecular weight excluding hydrogens is 740 g/mol. The van der Waals surface area contributed by atoms with E-state index in [1.165, 1.54) is 72.1 Å². The highest BCUT2D eigenvalue weighted by Crippen LogP contribution is 2.35. The summed E-state index contributed by atoms with van der Waals surface area (Å²) in [7, 11) is 0. The molecule has 6 aromatic rings. The van der Waals surface area contributed by atoms with Gasteiger partial charge in [-0.1, -0.05) is 23.5 Å². The van der Waals surface area contributed by atoms with Gasteiger partial charge in [-0.15, -0.1) is 34.0 Å². The van der Waals surface area contributed by atoms with Gasteiger partial charge in [0.25, 0.3) is 0 Å². The van der Waals surface area contributed by atoms with Crippen molar-refractivity contribution >= 4 is 57.5 Å². The van der Waals surface area contributed by atoms with Crippen LogP contribution < -0.4 is 0 Å². The van der Waals surface area contributed by atoms with Gasteiger partial charge in [-0.25, -0.2) is 27.5 Å². The molecule has 0 saturated carbocycles. The molecule has 0 fully saturated rings. The highest BCUT2D eigenvalue weighted by atomic mass is 79.9. The first kappa shape index (κ1) is 33.6. The molecular formula is C32H24Br2F4N4S2. The average Bonchev–Trinajstić information content (AvgIpc) is 3.62. The zero-order valence-corrected chi connectivity index (χ0v) is 27.8. The van der Waals surface area contributed by atoms with Crippen LogP contribution in [0, 0.1) is 23.3 Å². The van der Waals surface area contributed by atoms with E-state index in [0.29, 0.717) is 33.2 Å². The molecule has 6 rings (SSSR count). The standard InChI is InChI=1S/C32H22F4N4S2.2BrH/c33-23-9-1-19(2-10-23)27-28(20-3-11-24(34)12-4-20)38-31(37-27)41-17-18-42-32-39-29(21-5-13-25(35)14-6-21)30(40-32)22-7-15-26(36)16-8-22;;/h1-16H,17-18H2,(H,37,38)(H,39,40);2*1H. The third kappa shape index (κ3) is 7.84. The Balaban J connectivity index is 0.00000221. The molecule has 4 nitrogen and oxygen atoms in total. The van der Waals surface area contributed by atoms with E-state index in [0.717, 1.165) is 33.6 Å². The molecule has 0 unspecified atom stereocenters. The molecule has 0 bridgehead atoms. The molecule has 0 atom stereocenters. The third-order valence-corrected chi connectivity index (χ3v) is 8.43. The van der Waals surface area contributed by atoms with Crippen LogP contribution in [0.5, 0.6) is 0 Å². The number of benzene rings is 4. The number of hydrogen-bond acceptors (Lipinski definition) is 4. The molecule has 0 aliphatic carbocycles. The molecule has 0 saturated heterocycles. The maximum atomic E-state index is 13.6. The Morgan fingerprint density at radius 1 is 0.432 bits per heavy atom. The van der Waals surface area contributed by atoms with Gasteiger partial charge in [-0.3, -0.25) is 0 Å².